The van der Waals surface area contributed by atoms with Gasteiger partial charge in [0.1, 0.15) is 5.75 Å². The zero-order chi connectivity index (χ0) is 22.6. The molecular formula is C24H31ClN6O2. The Balaban J connectivity index is 1.16. The molecule has 0 spiro atoms. The number of anilines is 1. The van der Waals surface area contributed by atoms with Crippen molar-refractivity contribution in [2.45, 2.75) is 37.6 Å². The highest BCUT2D eigenvalue weighted by atomic mass is 35.5. The number of para-hydroxylation sites is 1. The number of nitrogens with one attached hydrogen (secondary N) is 6. The fraction of sp³-hybridized carbons (Fsp3) is 0.458. The van der Waals surface area contributed by atoms with Crippen molar-refractivity contribution in [3.05, 3.63) is 58.6 Å². The highest BCUT2D eigenvalue weighted by Gasteiger charge is 2.30. The molecule has 0 bridgehead atoms. The van der Waals surface area contributed by atoms with Gasteiger partial charge in [-0.25, -0.2) is 10.9 Å². The molecule has 176 valence electrons. The Kier molecular flexibility index (Phi) is 6.99. The minimum Gasteiger partial charge on any atom is -0.492 e. The van der Waals surface area contributed by atoms with Gasteiger partial charge in [-0.15, -0.1) is 0 Å². The molecule has 2 unspecified atom stereocenters. The summed E-state index contributed by atoms with van der Waals surface area (Å²) in [7, 11) is 0. The van der Waals surface area contributed by atoms with Gasteiger partial charge in [0.05, 0.1) is 30.0 Å². The fourth-order valence-corrected chi connectivity index (χ4v) is 5.04. The number of ether oxygens (including phenoxy) is 1. The number of hydrogen-bond acceptors (Lipinski definition) is 7. The second-order valence-electron chi connectivity index (χ2n) is 8.86. The first-order valence-corrected chi connectivity index (χ1v) is 12.1. The maximum Gasteiger partial charge on any atom is 0.251 e. The predicted octanol–water partition coefficient (Wildman–Crippen LogP) is 2.35. The number of benzene rings is 2. The van der Waals surface area contributed by atoms with E-state index in [1.54, 1.807) is 6.07 Å². The molecule has 3 atom stereocenters. The Hall–Kier alpha value is -2.36. The number of carbonyl (C=O) groups is 1. The summed E-state index contributed by atoms with van der Waals surface area (Å²) >= 11 is 6.26. The lowest BCUT2D eigenvalue weighted by atomic mass is 9.95. The molecule has 33 heavy (non-hydrogen) atoms. The van der Waals surface area contributed by atoms with Gasteiger partial charge >= 0.3 is 0 Å². The molecule has 3 aliphatic heterocycles. The van der Waals surface area contributed by atoms with Crippen molar-refractivity contribution in [1.82, 2.24) is 26.8 Å². The summed E-state index contributed by atoms with van der Waals surface area (Å²) in [6.07, 6.45) is 3.46. The first-order valence-electron chi connectivity index (χ1n) is 11.7. The molecule has 2 saturated heterocycles. The summed E-state index contributed by atoms with van der Waals surface area (Å²) in [5.74, 6) is 1.18. The number of hydrazine groups is 1. The van der Waals surface area contributed by atoms with Crippen LogP contribution in [0.4, 0.5) is 5.69 Å². The molecule has 3 heterocycles. The molecule has 2 aromatic carbocycles. The average Bonchev–Trinajstić information content (AvgIpc) is 3.33. The lowest BCUT2D eigenvalue weighted by Crippen LogP contribution is -2.45. The van der Waals surface area contributed by atoms with Gasteiger partial charge in [-0.3, -0.25) is 10.1 Å². The maximum absolute atomic E-state index is 13.0. The maximum atomic E-state index is 13.0. The van der Waals surface area contributed by atoms with Crippen LogP contribution in [0.2, 0.25) is 5.02 Å². The lowest BCUT2D eigenvalue weighted by Gasteiger charge is -2.27. The number of piperidine rings is 1. The Morgan fingerprint density at radius 2 is 1.94 bits per heavy atom. The van der Waals surface area contributed by atoms with Crippen LogP contribution in [0, 0.1) is 5.92 Å². The van der Waals surface area contributed by atoms with Gasteiger partial charge in [-0.05, 0) is 56.1 Å². The Morgan fingerprint density at radius 1 is 1.09 bits per heavy atom. The Labute approximate surface area is 199 Å². The van der Waals surface area contributed by atoms with Gasteiger partial charge in [-0.2, -0.15) is 0 Å². The van der Waals surface area contributed by atoms with Gasteiger partial charge < -0.3 is 20.7 Å². The lowest BCUT2D eigenvalue weighted by molar-refractivity contribution is 0.0925. The largest absolute Gasteiger partial charge is 0.492 e. The minimum absolute atomic E-state index is 0.110. The molecule has 0 aromatic heterocycles. The van der Waals surface area contributed by atoms with Gasteiger partial charge in [0, 0.05) is 29.8 Å². The Morgan fingerprint density at radius 3 is 2.82 bits per heavy atom. The number of carbonyl (C=O) groups excluding carboxylic acids is 1. The van der Waals surface area contributed by atoms with Crippen molar-refractivity contribution in [3.8, 4) is 5.75 Å². The molecular weight excluding hydrogens is 440 g/mol. The van der Waals surface area contributed by atoms with Crippen molar-refractivity contribution in [2.24, 2.45) is 5.92 Å². The summed E-state index contributed by atoms with van der Waals surface area (Å²) in [5.41, 5.74) is 9.17. The first kappa shape index (κ1) is 22.4. The second kappa shape index (κ2) is 10.3. The second-order valence-corrected chi connectivity index (χ2v) is 9.26. The molecule has 9 heteroatoms. The van der Waals surface area contributed by atoms with Crippen molar-refractivity contribution in [2.75, 3.05) is 31.6 Å². The van der Waals surface area contributed by atoms with E-state index < -0.39 is 0 Å². The molecule has 0 aliphatic carbocycles. The van der Waals surface area contributed by atoms with E-state index >= 15 is 0 Å². The Bertz CT molecular complexity index is 983. The molecule has 6 N–H and O–H groups in total. The van der Waals surface area contributed by atoms with E-state index in [0.717, 1.165) is 24.3 Å². The third kappa shape index (κ3) is 5.26. The standard InChI is InChI=1S/C24H31ClN6O2/c25-19-6-2-5-18-20(9-12-33-22(18)19)28-24(32)16-3-1-4-17(13-16)27-14-21-29-23(31-30-21)15-7-10-26-11-8-15/h1-6,13,15,20-21,23,26-27,29-31H,7-12,14H2,(H,28,32)/t20-,21?,23?/m0/s1. The van der Waals surface area contributed by atoms with Crippen molar-refractivity contribution >= 4 is 23.2 Å². The van der Waals surface area contributed by atoms with Crippen molar-refractivity contribution in [3.63, 3.8) is 0 Å². The van der Waals surface area contributed by atoms with Crippen LogP contribution < -0.4 is 36.9 Å². The summed E-state index contributed by atoms with van der Waals surface area (Å²) in [4.78, 5) is 13.0. The van der Waals surface area contributed by atoms with Crippen LogP contribution >= 0.6 is 11.6 Å². The summed E-state index contributed by atoms with van der Waals surface area (Å²) in [5, 5.41) is 14.2. The van der Waals surface area contributed by atoms with E-state index in [1.807, 2.05) is 36.4 Å². The highest BCUT2D eigenvalue weighted by molar-refractivity contribution is 6.32. The summed E-state index contributed by atoms with van der Waals surface area (Å²) in [6.45, 7) is 3.38. The quantitative estimate of drug-likeness (QED) is 0.385. The molecule has 0 saturated carbocycles. The topological polar surface area (TPSA) is 98.5 Å². The molecule has 0 radical (unpaired) electrons. The summed E-state index contributed by atoms with van der Waals surface area (Å²) < 4.78 is 5.70. The van der Waals surface area contributed by atoms with Gasteiger partial charge in [0.2, 0.25) is 0 Å². The van der Waals surface area contributed by atoms with E-state index in [4.69, 9.17) is 16.3 Å². The van der Waals surface area contributed by atoms with Gasteiger partial charge in [-0.1, -0.05) is 29.8 Å². The van der Waals surface area contributed by atoms with Gasteiger partial charge in [0.15, 0.2) is 0 Å². The number of fused-ring (bicyclic) bond motifs is 1. The monoisotopic (exact) mass is 470 g/mol. The van der Waals surface area contributed by atoms with Crippen molar-refractivity contribution < 1.29 is 9.53 Å². The molecule has 2 fully saturated rings. The fourth-order valence-electron chi connectivity index (χ4n) is 4.80. The van der Waals surface area contributed by atoms with E-state index in [1.165, 1.54) is 12.8 Å². The number of rotatable bonds is 6. The van der Waals surface area contributed by atoms with E-state index in [0.29, 0.717) is 41.8 Å². The average molecular weight is 471 g/mol. The van der Waals surface area contributed by atoms with Crippen LogP contribution in [0.5, 0.6) is 5.75 Å². The SMILES string of the molecule is O=C(N[C@H]1CCOc2c(Cl)cccc21)c1cccc(NCC2NNC(C3CCNCC3)N2)c1. The van der Waals surface area contributed by atoms with E-state index in [-0.39, 0.29) is 24.3 Å². The minimum atomic E-state index is -0.124. The summed E-state index contributed by atoms with van der Waals surface area (Å²) in [6, 6.07) is 13.1. The van der Waals surface area contributed by atoms with Crippen LogP contribution in [-0.2, 0) is 0 Å². The number of halogens is 1. The molecule has 8 nitrogen and oxygen atoms in total. The predicted molar refractivity (Wildman–Crippen MR) is 129 cm³/mol. The zero-order valence-electron chi connectivity index (χ0n) is 18.5. The van der Waals surface area contributed by atoms with Crippen LogP contribution in [0.25, 0.3) is 0 Å². The number of hydrogen-bond donors (Lipinski definition) is 6. The normalized spacial score (nSPS) is 25.2. The molecule has 1 amide bonds. The van der Waals surface area contributed by atoms with Crippen LogP contribution in [0.1, 0.15) is 41.2 Å². The third-order valence-corrected chi connectivity index (χ3v) is 6.91. The van der Waals surface area contributed by atoms with Gasteiger partial charge in [0.25, 0.3) is 5.91 Å². The highest BCUT2D eigenvalue weighted by Crippen LogP contribution is 2.37. The van der Waals surface area contributed by atoms with E-state index in [2.05, 4.69) is 32.1 Å². The van der Waals surface area contributed by atoms with Crippen molar-refractivity contribution in [1.29, 1.82) is 0 Å². The van der Waals surface area contributed by atoms with Crippen LogP contribution in [-0.4, -0.2) is 44.5 Å². The molecule has 2 aromatic rings. The van der Waals surface area contributed by atoms with E-state index in [9.17, 15) is 4.79 Å². The van der Waals surface area contributed by atoms with Crippen LogP contribution in [0.15, 0.2) is 42.5 Å². The zero-order valence-corrected chi connectivity index (χ0v) is 19.3. The third-order valence-electron chi connectivity index (χ3n) is 6.62. The van der Waals surface area contributed by atoms with Crippen LogP contribution in [0.3, 0.4) is 0 Å². The molecule has 3 aliphatic rings. The molecule has 5 rings (SSSR count). The first-order chi connectivity index (χ1) is 16.2. The smallest absolute Gasteiger partial charge is 0.251 e. The number of amides is 1.